The largest absolute Gasteiger partial charge is 0.497 e. The Morgan fingerprint density at radius 3 is 2.87 bits per heavy atom. The lowest BCUT2D eigenvalue weighted by molar-refractivity contribution is 0.0911. The summed E-state index contributed by atoms with van der Waals surface area (Å²) in [5.41, 5.74) is 1.47. The van der Waals surface area contributed by atoms with E-state index >= 15 is 0 Å². The van der Waals surface area contributed by atoms with Crippen LogP contribution in [-0.4, -0.2) is 37.1 Å². The highest BCUT2D eigenvalue weighted by atomic mass is 32.1. The molecule has 122 valence electrons. The van der Waals surface area contributed by atoms with Crippen LogP contribution in [0.3, 0.4) is 0 Å². The Kier molecular flexibility index (Phi) is 4.93. The Morgan fingerprint density at radius 1 is 1.39 bits per heavy atom. The van der Waals surface area contributed by atoms with E-state index in [-0.39, 0.29) is 11.9 Å². The zero-order valence-electron chi connectivity index (χ0n) is 13.3. The number of carbonyl (C=O) groups excluding carboxylic acids is 1. The van der Waals surface area contributed by atoms with Crippen LogP contribution in [0, 0.1) is 5.92 Å². The molecule has 1 aromatic heterocycles. The van der Waals surface area contributed by atoms with Crippen LogP contribution in [0.2, 0.25) is 0 Å². The zero-order chi connectivity index (χ0) is 16.2. The van der Waals surface area contributed by atoms with Gasteiger partial charge in [0.1, 0.15) is 16.5 Å². The second-order valence-electron chi connectivity index (χ2n) is 5.82. The number of rotatable bonds is 4. The Balaban J connectivity index is 1.69. The summed E-state index contributed by atoms with van der Waals surface area (Å²) in [7, 11) is 1.64. The lowest BCUT2D eigenvalue weighted by atomic mass is 9.95. The van der Waals surface area contributed by atoms with Crippen LogP contribution < -0.4 is 15.4 Å². The lowest BCUT2D eigenvalue weighted by Crippen LogP contribution is -2.50. The highest BCUT2D eigenvalue weighted by molar-refractivity contribution is 7.13. The molecule has 6 heteroatoms. The third-order valence-electron chi connectivity index (χ3n) is 4.22. The van der Waals surface area contributed by atoms with Crippen LogP contribution in [0.4, 0.5) is 0 Å². The molecule has 0 saturated carbocycles. The molecule has 2 unspecified atom stereocenters. The monoisotopic (exact) mass is 331 g/mol. The molecule has 1 aliphatic heterocycles. The number of piperidine rings is 1. The van der Waals surface area contributed by atoms with E-state index in [0.29, 0.717) is 11.6 Å². The second kappa shape index (κ2) is 7.10. The maximum atomic E-state index is 12.4. The predicted molar refractivity (Wildman–Crippen MR) is 92.0 cm³/mol. The number of hydrogen-bond donors (Lipinski definition) is 2. The van der Waals surface area contributed by atoms with Gasteiger partial charge in [0.25, 0.3) is 5.91 Å². The first-order chi connectivity index (χ1) is 11.2. The molecule has 0 radical (unpaired) electrons. The van der Waals surface area contributed by atoms with Crippen LogP contribution in [0.1, 0.15) is 23.8 Å². The van der Waals surface area contributed by atoms with Crippen LogP contribution >= 0.6 is 11.3 Å². The van der Waals surface area contributed by atoms with E-state index in [0.717, 1.165) is 35.8 Å². The van der Waals surface area contributed by atoms with E-state index in [1.54, 1.807) is 7.11 Å². The van der Waals surface area contributed by atoms with E-state index in [9.17, 15) is 4.79 Å². The van der Waals surface area contributed by atoms with Gasteiger partial charge in [0, 0.05) is 23.5 Å². The van der Waals surface area contributed by atoms with E-state index in [2.05, 4.69) is 22.5 Å². The highest BCUT2D eigenvalue weighted by Crippen LogP contribution is 2.25. The predicted octanol–water partition coefficient (Wildman–Crippen LogP) is 2.55. The van der Waals surface area contributed by atoms with Crippen molar-refractivity contribution in [3.8, 4) is 16.3 Å². The number of nitrogens with zero attached hydrogens (tertiary/aromatic N) is 1. The van der Waals surface area contributed by atoms with Crippen LogP contribution in [0.5, 0.6) is 5.75 Å². The summed E-state index contributed by atoms with van der Waals surface area (Å²) in [6.07, 6.45) is 1.08. The molecular formula is C17H21N3O2S. The quantitative estimate of drug-likeness (QED) is 0.904. The van der Waals surface area contributed by atoms with E-state index in [4.69, 9.17) is 4.74 Å². The van der Waals surface area contributed by atoms with Crippen LogP contribution in [0.25, 0.3) is 10.6 Å². The van der Waals surface area contributed by atoms with Crippen molar-refractivity contribution in [2.45, 2.75) is 19.4 Å². The normalized spacial score (nSPS) is 21.0. The van der Waals surface area contributed by atoms with Crippen molar-refractivity contribution in [1.82, 2.24) is 15.6 Å². The molecule has 2 atom stereocenters. The molecule has 5 nitrogen and oxygen atoms in total. The first kappa shape index (κ1) is 16.0. The summed E-state index contributed by atoms with van der Waals surface area (Å²) in [4.78, 5) is 16.9. The fraction of sp³-hybridized carbons (Fsp3) is 0.412. The number of ether oxygens (including phenoxy) is 1. The summed E-state index contributed by atoms with van der Waals surface area (Å²) in [5.74, 6) is 1.20. The van der Waals surface area contributed by atoms with Crippen molar-refractivity contribution in [2.75, 3.05) is 20.2 Å². The number of carbonyl (C=O) groups is 1. The molecule has 2 heterocycles. The second-order valence-corrected chi connectivity index (χ2v) is 6.67. The van der Waals surface area contributed by atoms with Gasteiger partial charge in [-0.25, -0.2) is 4.98 Å². The average Bonchev–Trinajstić information content (AvgIpc) is 3.07. The van der Waals surface area contributed by atoms with Gasteiger partial charge in [0.2, 0.25) is 0 Å². The molecule has 3 rings (SSSR count). The topological polar surface area (TPSA) is 63.2 Å². The van der Waals surface area contributed by atoms with Gasteiger partial charge in [-0.2, -0.15) is 0 Å². The van der Waals surface area contributed by atoms with E-state index in [1.165, 1.54) is 11.3 Å². The van der Waals surface area contributed by atoms with Gasteiger partial charge in [-0.3, -0.25) is 4.79 Å². The lowest BCUT2D eigenvalue weighted by Gasteiger charge is -2.29. The molecule has 2 N–H and O–H groups in total. The third kappa shape index (κ3) is 3.71. The summed E-state index contributed by atoms with van der Waals surface area (Å²) >= 11 is 1.48. The van der Waals surface area contributed by atoms with Gasteiger partial charge >= 0.3 is 0 Å². The van der Waals surface area contributed by atoms with Gasteiger partial charge in [-0.05, 0) is 43.1 Å². The third-order valence-corrected chi connectivity index (χ3v) is 5.11. The molecule has 0 aliphatic carbocycles. The van der Waals surface area contributed by atoms with E-state index in [1.807, 2.05) is 29.6 Å². The number of hydrogen-bond acceptors (Lipinski definition) is 5. The maximum Gasteiger partial charge on any atom is 0.271 e. The van der Waals surface area contributed by atoms with Crippen molar-refractivity contribution in [1.29, 1.82) is 0 Å². The minimum atomic E-state index is -0.0958. The van der Waals surface area contributed by atoms with Gasteiger partial charge in [-0.1, -0.05) is 6.92 Å². The Hall–Kier alpha value is -1.92. The van der Waals surface area contributed by atoms with Gasteiger partial charge in [0.15, 0.2) is 0 Å². The molecule has 0 spiro atoms. The van der Waals surface area contributed by atoms with Crippen LogP contribution in [-0.2, 0) is 0 Å². The number of amides is 1. The van der Waals surface area contributed by atoms with Gasteiger partial charge in [-0.15, -0.1) is 11.3 Å². The first-order valence-electron chi connectivity index (χ1n) is 7.79. The fourth-order valence-corrected chi connectivity index (χ4v) is 3.48. The number of benzene rings is 1. The Morgan fingerprint density at radius 2 is 2.17 bits per heavy atom. The molecule has 1 saturated heterocycles. The van der Waals surface area contributed by atoms with Crippen molar-refractivity contribution >= 4 is 17.2 Å². The number of aromatic nitrogens is 1. The number of nitrogens with one attached hydrogen (secondary N) is 2. The van der Waals surface area contributed by atoms with Crippen LogP contribution in [0.15, 0.2) is 29.6 Å². The molecule has 1 aliphatic rings. The smallest absolute Gasteiger partial charge is 0.271 e. The van der Waals surface area contributed by atoms with Gasteiger partial charge < -0.3 is 15.4 Å². The SMILES string of the molecule is COc1ccc(-c2nc(C(=O)NC3CNCCC3C)cs2)cc1. The number of methoxy groups -OCH3 is 1. The summed E-state index contributed by atoms with van der Waals surface area (Å²) in [6.45, 7) is 4.02. The summed E-state index contributed by atoms with van der Waals surface area (Å²) in [6, 6.07) is 7.86. The maximum absolute atomic E-state index is 12.4. The molecule has 2 aromatic rings. The van der Waals surface area contributed by atoms with Crippen molar-refractivity contribution in [3.63, 3.8) is 0 Å². The fourth-order valence-electron chi connectivity index (χ4n) is 2.67. The molecule has 1 fully saturated rings. The highest BCUT2D eigenvalue weighted by Gasteiger charge is 2.24. The molecule has 23 heavy (non-hydrogen) atoms. The van der Waals surface area contributed by atoms with Crippen molar-refractivity contribution in [2.24, 2.45) is 5.92 Å². The summed E-state index contributed by atoms with van der Waals surface area (Å²) in [5, 5.41) is 9.07. The molecular weight excluding hydrogens is 310 g/mol. The molecule has 1 aromatic carbocycles. The minimum absolute atomic E-state index is 0.0958. The van der Waals surface area contributed by atoms with Crippen molar-refractivity contribution < 1.29 is 9.53 Å². The summed E-state index contributed by atoms with van der Waals surface area (Å²) < 4.78 is 5.16. The molecule has 0 bridgehead atoms. The average molecular weight is 331 g/mol. The van der Waals surface area contributed by atoms with Gasteiger partial charge in [0.05, 0.1) is 7.11 Å². The van der Waals surface area contributed by atoms with E-state index < -0.39 is 0 Å². The zero-order valence-corrected chi connectivity index (χ0v) is 14.2. The standard InChI is InChI=1S/C17H21N3O2S/c1-11-7-8-18-9-14(11)19-16(21)15-10-23-17(20-15)12-3-5-13(22-2)6-4-12/h3-6,10-11,14,18H,7-9H2,1-2H3,(H,19,21). The minimum Gasteiger partial charge on any atom is -0.497 e. The van der Waals surface area contributed by atoms with Crippen molar-refractivity contribution in [3.05, 3.63) is 35.3 Å². The molecule has 1 amide bonds. The number of thiazole rings is 1. The Bertz CT molecular complexity index is 669. The first-order valence-corrected chi connectivity index (χ1v) is 8.67. The Labute approximate surface area is 140 Å².